The van der Waals surface area contributed by atoms with Crippen molar-refractivity contribution in [2.75, 3.05) is 0 Å². The quantitative estimate of drug-likeness (QED) is 0.763. The zero-order valence-corrected chi connectivity index (χ0v) is 10.4. The van der Waals surface area contributed by atoms with E-state index in [-0.39, 0.29) is 5.82 Å². The van der Waals surface area contributed by atoms with Crippen molar-refractivity contribution in [2.45, 2.75) is 20.3 Å². The minimum atomic E-state index is -0.252. The molecule has 0 aliphatic rings. The van der Waals surface area contributed by atoms with E-state index in [2.05, 4.69) is 9.97 Å². The summed E-state index contributed by atoms with van der Waals surface area (Å²) in [5, 5.41) is 0.462. The molecule has 1 aromatic carbocycles. The molecule has 2 nitrogen and oxygen atoms in total. The highest BCUT2D eigenvalue weighted by atomic mass is 35.5. The number of halogens is 2. The molecule has 0 saturated carbocycles. The summed E-state index contributed by atoms with van der Waals surface area (Å²) < 4.78 is 13.0. The molecule has 0 saturated heterocycles. The number of hydrogen-bond acceptors (Lipinski definition) is 2. The van der Waals surface area contributed by atoms with Crippen molar-refractivity contribution < 1.29 is 4.39 Å². The molecule has 2 rings (SSSR count). The van der Waals surface area contributed by atoms with Crippen LogP contribution in [0, 0.1) is 19.7 Å². The third-order valence-electron chi connectivity index (χ3n) is 2.63. The fourth-order valence-corrected chi connectivity index (χ4v) is 1.79. The van der Waals surface area contributed by atoms with E-state index in [9.17, 15) is 4.39 Å². The Morgan fingerprint density at radius 1 is 1.24 bits per heavy atom. The molecule has 0 aliphatic heterocycles. The summed E-state index contributed by atoms with van der Waals surface area (Å²) >= 11 is 5.99. The molecule has 17 heavy (non-hydrogen) atoms. The smallest absolute Gasteiger partial charge is 0.135 e. The Balaban J connectivity index is 2.31. The van der Waals surface area contributed by atoms with Crippen molar-refractivity contribution in [1.29, 1.82) is 0 Å². The standard InChI is InChI=1S/C13H12ClFN2/c1-8-9(2)16-12(17-13(8)14)7-10-4-3-5-11(15)6-10/h3-6H,7H2,1-2H3. The number of rotatable bonds is 2. The van der Waals surface area contributed by atoms with Gasteiger partial charge in [0, 0.05) is 17.7 Å². The Morgan fingerprint density at radius 3 is 2.65 bits per heavy atom. The molecular formula is C13H12ClFN2. The first-order valence-electron chi connectivity index (χ1n) is 5.30. The van der Waals surface area contributed by atoms with E-state index in [0.717, 1.165) is 16.8 Å². The predicted molar refractivity (Wildman–Crippen MR) is 65.7 cm³/mol. The van der Waals surface area contributed by atoms with Crippen molar-refractivity contribution in [3.8, 4) is 0 Å². The highest BCUT2D eigenvalue weighted by Gasteiger charge is 2.07. The molecule has 1 aromatic heterocycles. The molecule has 0 fully saturated rings. The summed E-state index contributed by atoms with van der Waals surface area (Å²) in [6.45, 7) is 3.77. The maximum absolute atomic E-state index is 13.0. The summed E-state index contributed by atoms with van der Waals surface area (Å²) in [4.78, 5) is 8.53. The first kappa shape index (κ1) is 12.0. The van der Waals surface area contributed by atoms with Crippen LogP contribution in [0.1, 0.15) is 22.6 Å². The van der Waals surface area contributed by atoms with Gasteiger partial charge >= 0.3 is 0 Å². The molecule has 88 valence electrons. The molecule has 0 unspecified atom stereocenters. The van der Waals surface area contributed by atoms with Crippen molar-refractivity contribution in [1.82, 2.24) is 9.97 Å². The van der Waals surface area contributed by atoms with Crippen LogP contribution in [0.4, 0.5) is 4.39 Å². The summed E-state index contributed by atoms with van der Waals surface area (Å²) in [6, 6.07) is 6.41. The first-order chi connectivity index (χ1) is 8.06. The number of hydrogen-bond donors (Lipinski definition) is 0. The third-order valence-corrected chi connectivity index (χ3v) is 3.00. The van der Waals surface area contributed by atoms with Gasteiger partial charge in [-0.1, -0.05) is 23.7 Å². The summed E-state index contributed by atoms with van der Waals surface area (Å²) in [5.41, 5.74) is 2.58. The van der Waals surface area contributed by atoms with Gasteiger partial charge in [0.1, 0.15) is 16.8 Å². The van der Waals surface area contributed by atoms with Crippen LogP contribution in [-0.4, -0.2) is 9.97 Å². The Hall–Kier alpha value is -1.48. The Bertz CT molecular complexity index is 532. The highest BCUT2D eigenvalue weighted by molar-refractivity contribution is 6.30. The average Bonchev–Trinajstić information content (AvgIpc) is 2.26. The van der Waals surface area contributed by atoms with Crippen molar-refractivity contribution in [2.24, 2.45) is 0 Å². The van der Waals surface area contributed by atoms with Gasteiger partial charge in [-0.2, -0.15) is 0 Å². The predicted octanol–water partition coefficient (Wildman–Crippen LogP) is 3.48. The fraction of sp³-hybridized carbons (Fsp3) is 0.231. The van der Waals surface area contributed by atoms with Gasteiger partial charge in [0.15, 0.2) is 0 Å². The van der Waals surface area contributed by atoms with Gasteiger partial charge in [0.05, 0.1) is 0 Å². The molecule has 0 radical (unpaired) electrons. The van der Waals surface area contributed by atoms with E-state index < -0.39 is 0 Å². The van der Waals surface area contributed by atoms with E-state index in [1.54, 1.807) is 6.07 Å². The van der Waals surface area contributed by atoms with Crippen LogP contribution in [-0.2, 0) is 6.42 Å². The summed E-state index contributed by atoms with van der Waals surface area (Å²) in [5.74, 6) is 0.362. The number of aryl methyl sites for hydroxylation is 1. The van der Waals surface area contributed by atoms with Gasteiger partial charge in [-0.05, 0) is 31.5 Å². The van der Waals surface area contributed by atoms with Gasteiger partial charge in [-0.25, -0.2) is 14.4 Å². The summed E-state index contributed by atoms with van der Waals surface area (Å²) in [7, 11) is 0. The fourth-order valence-electron chi connectivity index (χ4n) is 1.56. The normalized spacial score (nSPS) is 10.6. The summed E-state index contributed by atoms with van der Waals surface area (Å²) in [6.07, 6.45) is 0.485. The second kappa shape index (κ2) is 4.80. The zero-order chi connectivity index (χ0) is 12.4. The first-order valence-corrected chi connectivity index (χ1v) is 5.68. The van der Waals surface area contributed by atoms with Gasteiger partial charge in [-0.15, -0.1) is 0 Å². The van der Waals surface area contributed by atoms with E-state index in [1.807, 2.05) is 19.9 Å². The molecule has 0 atom stereocenters. The molecular weight excluding hydrogens is 239 g/mol. The Labute approximate surface area is 104 Å². The van der Waals surface area contributed by atoms with Gasteiger partial charge in [0.2, 0.25) is 0 Å². The van der Waals surface area contributed by atoms with Crippen LogP contribution >= 0.6 is 11.6 Å². The van der Waals surface area contributed by atoms with E-state index >= 15 is 0 Å². The second-order valence-electron chi connectivity index (χ2n) is 3.95. The third kappa shape index (κ3) is 2.80. The van der Waals surface area contributed by atoms with Gasteiger partial charge in [-0.3, -0.25) is 0 Å². The number of nitrogens with zero attached hydrogens (tertiary/aromatic N) is 2. The number of aromatic nitrogens is 2. The monoisotopic (exact) mass is 250 g/mol. The lowest BCUT2D eigenvalue weighted by atomic mass is 10.1. The van der Waals surface area contributed by atoms with Gasteiger partial charge in [0.25, 0.3) is 0 Å². The molecule has 0 spiro atoms. The van der Waals surface area contributed by atoms with Crippen molar-refractivity contribution in [3.05, 3.63) is 57.9 Å². The van der Waals surface area contributed by atoms with Crippen LogP contribution in [0.3, 0.4) is 0 Å². The maximum Gasteiger partial charge on any atom is 0.135 e. The Morgan fingerprint density at radius 2 is 2.00 bits per heavy atom. The molecule has 0 bridgehead atoms. The zero-order valence-electron chi connectivity index (χ0n) is 9.67. The topological polar surface area (TPSA) is 25.8 Å². The van der Waals surface area contributed by atoms with E-state index in [0.29, 0.717) is 17.4 Å². The van der Waals surface area contributed by atoms with E-state index in [4.69, 9.17) is 11.6 Å². The van der Waals surface area contributed by atoms with Gasteiger partial charge < -0.3 is 0 Å². The average molecular weight is 251 g/mol. The lowest BCUT2D eigenvalue weighted by Gasteiger charge is -2.06. The minimum Gasteiger partial charge on any atom is -0.238 e. The van der Waals surface area contributed by atoms with Crippen LogP contribution in [0.5, 0.6) is 0 Å². The number of benzene rings is 1. The largest absolute Gasteiger partial charge is 0.238 e. The van der Waals surface area contributed by atoms with E-state index in [1.165, 1.54) is 12.1 Å². The van der Waals surface area contributed by atoms with Crippen molar-refractivity contribution in [3.63, 3.8) is 0 Å². The second-order valence-corrected chi connectivity index (χ2v) is 4.31. The van der Waals surface area contributed by atoms with Crippen LogP contribution in [0.25, 0.3) is 0 Å². The molecule has 0 aliphatic carbocycles. The molecule has 1 heterocycles. The molecule has 2 aromatic rings. The maximum atomic E-state index is 13.0. The lowest BCUT2D eigenvalue weighted by molar-refractivity contribution is 0.625. The van der Waals surface area contributed by atoms with Crippen LogP contribution < -0.4 is 0 Å². The highest BCUT2D eigenvalue weighted by Crippen LogP contribution is 2.16. The molecule has 0 N–H and O–H groups in total. The molecule has 4 heteroatoms. The SMILES string of the molecule is Cc1nc(Cc2cccc(F)c2)nc(Cl)c1C. The minimum absolute atomic E-state index is 0.252. The van der Waals surface area contributed by atoms with Crippen LogP contribution in [0.15, 0.2) is 24.3 Å². The Kier molecular flexibility index (Phi) is 3.38. The van der Waals surface area contributed by atoms with Crippen LogP contribution in [0.2, 0.25) is 5.15 Å². The molecule has 0 amide bonds. The lowest BCUT2D eigenvalue weighted by Crippen LogP contribution is -2.01. The van der Waals surface area contributed by atoms with Crippen molar-refractivity contribution >= 4 is 11.6 Å².